The van der Waals surface area contributed by atoms with Gasteiger partial charge in [-0.3, -0.25) is 0 Å². The largest absolute Gasteiger partial charge is 0.497 e. The van der Waals surface area contributed by atoms with Crippen LogP contribution in [0.2, 0.25) is 0 Å². The molecule has 0 saturated heterocycles. The van der Waals surface area contributed by atoms with E-state index in [1.807, 2.05) is 0 Å². The van der Waals surface area contributed by atoms with Crippen molar-refractivity contribution in [3.8, 4) is 5.75 Å². The third-order valence-electron chi connectivity index (χ3n) is 2.93. The standard InChI is InChI=1S/C14H14O6S/c1-9-13(14(15)16)7-11(20-9)8-21(17,18)12-5-3-4-10(6-12)19-2/h3-7H,8H2,1-2H3,(H,15,16). The second-order valence-electron chi connectivity index (χ2n) is 4.43. The molecule has 0 aliphatic carbocycles. The monoisotopic (exact) mass is 310 g/mol. The van der Waals surface area contributed by atoms with Crippen LogP contribution in [0.4, 0.5) is 0 Å². The van der Waals surface area contributed by atoms with Gasteiger partial charge in [0.25, 0.3) is 0 Å². The maximum Gasteiger partial charge on any atom is 0.339 e. The molecule has 7 heteroatoms. The SMILES string of the molecule is COc1cccc(S(=O)(=O)Cc2cc(C(=O)O)c(C)o2)c1. The Morgan fingerprint density at radius 1 is 1.33 bits per heavy atom. The van der Waals surface area contributed by atoms with Crippen LogP contribution >= 0.6 is 0 Å². The normalized spacial score (nSPS) is 11.3. The van der Waals surface area contributed by atoms with Crippen molar-refractivity contribution in [2.45, 2.75) is 17.6 Å². The maximum atomic E-state index is 12.3. The van der Waals surface area contributed by atoms with Gasteiger partial charge in [0.1, 0.15) is 28.6 Å². The van der Waals surface area contributed by atoms with Crippen molar-refractivity contribution < 1.29 is 27.5 Å². The van der Waals surface area contributed by atoms with E-state index in [9.17, 15) is 13.2 Å². The van der Waals surface area contributed by atoms with E-state index < -0.39 is 21.6 Å². The predicted octanol–water partition coefficient (Wildman–Crippen LogP) is 2.27. The van der Waals surface area contributed by atoms with Crippen LogP contribution in [0.1, 0.15) is 21.9 Å². The Kier molecular flexibility index (Phi) is 4.04. The van der Waals surface area contributed by atoms with E-state index in [0.29, 0.717) is 5.75 Å². The van der Waals surface area contributed by atoms with Gasteiger partial charge in [0, 0.05) is 0 Å². The van der Waals surface area contributed by atoms with Gasteiger partial charge in [-0.25, -0.2) is 13.2 Å². The number of carboxylic acid groups (broad SMARTS) is 1. The van der Waals surface area contributed by atoms with Crippen LogP contribution < -0.4 is 4.74 Å². The molecule has 0 bridgehead atoms. The summed E-state index contributed by atoms with van der Waals surface area (Å²) in [6.45, 7) is 1.48. The smallest absolute Gasteiger partial charge is 0.339 e. The number of carboxylic acids is 1. The van der Waals surface area contributed by atoms with Gasteiger partial charge in [-0.2, -0.15) is 0 Å². The molecule has 1 heterocycles. The summed E-state index contributed by atoms with van der Waals surface area (Å²) in [4.78, 5) is 11.0. The molecule has 0 saturated carbocycles. The molecule has 0 spiro atoms. The first-order valence-corrected chi connectivity index (χ1v) is 7.68. The maximum absolute atomic E-state index is 12.3. The number of hydrogen-bond donors (Lipinski definition) is 1. The highest BCUT2D eigenvalue weighted by Crippen LogP contribution is 2.23. The number of ether oxygens (including phenoxy) is 1. The number of hydrogen-bond acceptors (Lipinski definition) is 5. The Morgan fingerprint density at radius 3 is 2.62 bits per heavy atom. The molecule has 0 aliphatic rings. The number of carbonyl (C=O) groups is 1. The Morgan fingerprint density at radius 2 is 2.05 bits per heavy atom. The van der Waals surface area contributed by atoms with Gasteiger partial charge in [-0.1, -0.05) is 6.07 Å². The van der Waals surface area contributed by atoms with E-state index in [1.165, 1.54) is 32.2 Å². The van der Waals surface area contributed by atoms with E-state index in [-0.39, 0.29) is 22.0 Å². The Hall–Kier alpha value is -2.28. The fourth-order valence-electron chi connectivity index (χ4n) is 1.89. The van der Waals surface area contributed by atoms with Crippen LogP contribution in [0.3, 0.4) is 0 Å². The predicted molar refractivity (Wildman–Crippen MR) is 74.3 cm³/mol. The highest BCUT2D eigenvalue weighted by Gasteiger charge is 2.21. The molecule has 0 amide bonds. The molecule has 112 valence electrons. The minimum atomic E-state index is -3.64. The Balaban J connectivity index is 2.33. The Bertz CT molecular complexity index is 773. The number of methoxy groups -OCH3 is 1. The molecule has 0 atom stereocenters. The number of aryl methyl sites for hydroxylation is 1. The fraction of sp³-hybridized carbons (Fsp3) is 0.214. The van der Waals surface area contributed by atoms with Crippen molar-refractivity contribution >= 4 is 15.8 Å². The molecule has 1 aromatic carbocycles. The van der Waals surface area contributed by atoms with Crippen molar-refractivity contribution in [3.05, 3.63) is 47.4 Å². The lowest BCUT2D eigenvalue weighted by Crippen LogP contribution is -2.04. The van der Waals surface area contributed by atoms with Crippen LogP contribution in [0.15, 0.2) is 39.6 Å². The second kappa shape index (κ2) is 5.61. The molecule has 6 nitrogen and oxygen atoms in total. The number of sulfone groups is 1. The zero-order valence-electron chi connectivity index (χ0n) is 11.5. The van der Waals surface area contributed by atoms with Crippen LogP contribution in [0, 0.1) is 6.92 Å². The van der Waals surface area contributed by atoms with Crippen LogP contribution in [0.5, 0.6) is 5.75 Å². The highest BCUT2D eigenvalue weighted by molar-refractivity contribution is 7.90. The summed E-state index contributed by atoms with van der Waals surface area (Å²) in [5, 5.41) is 8.94. The van der Waals surface area contributed by atoms with E-state index in [0.717, 1.165) is 0 Å². The van der Waals surface area contributed by atoms with Gasteiger partial charge in [-0.15, -0.1) is 0 Å². The summed E-state index contributed by atoms with van der Waals surface area (Å²) < 4.78 is 34.8. The summed E-state index contributed by atoms with van der Waals surface area (Å²) in [5.41, 5.74) is -0.0363. The molecule has 0 unspecified atom stereocenters. The van der Waals surface area contributed by atoms with Crippen LogP contribution in [0.25, 0.3) is 0 Å². The van der Waals surface area contributed by atoms with Crippen molar-refractivity contribution in [3.63, 3.8) is 0 Å². The average molecular weight is 310 g/mol. The minimum Gasteiger partial charge on any atom is -0.497 e. The minimum absolute atomic E-state index is 0.0363. The molecule has 0 aliphatic heterocycles. The van der Waals surface area contributed by atoms with E-state index in [1.54, 1.807) is 12.1 Å². The third kappa shape index (κ3) is 3.25. The third-order valence-corrected chi connectivity index (χ3v) is 4.57. The molecule has 2 aromatic rings. The summed E-state index contributed by atoms with van der Waals surface area (Å²) in [6.07, 6.45) is 0. The summed E-state index contributed by atoms with van der Waals surface area (Å²) in [5.74, 6) is -0.862. The zero-order chi connectivity index (χ0) is 15.6. The van der Waals surface area contributed by atoms with Crippen LogP contribution in [-0.4, -0.2) is 26.6 Å². The van der Waals surface area contributed by atoms with E-state index in [4.69, 9.17) is 14.3 Å². The van der Waals surface area contributed by atoms with E-state index >= 15 is 0 Å². The molecule has 21 heavy (non-hydrogen) atoms. The lowest BCUT2D eigenvalue weighted by Gasteiger charge is -2.05. The molecule has 1 N–H and O–H groups in total. The summed E-state index contributed by atoms with van der Waals surface area (Å²) >= 11 is 0. The number of benzene rings is 1. The van der Waals surface area contributed by atoms with Crippen LogP contribution in [-0.2, 0) is 15.6 Å². The fourth-order valence-corrected chi connectivity index (χ4v) is 3.16. The summed E-state index contributed by atoms with van der Waals surface area (Å²) in [6, 6.07) is 7.30. The lowest BCUT2D eigenvalue weighted by molar-refractivity contribution is 0.0695. The summed E-state index contributed by atoms with van der Waals surface area (Å²) in [7, 11) is -2.20. The first-order valence-electron chi connectivity index (χ1n) is 6.03. The molecule has 0 radical (unpaired) electrons. The molecule has 0 fully saturated rings. The molecule has 1 aromatic heterocycles. The molecular formula is C14H14O6S. The van der Waals surface area contributed by atoms with Gasteiger partial charge >= 0.3 is 5.97 Å². The Labute approximate surface area is 121 Å². The van der Waals surface area contributed by atoms with Gasteiger partial charge in [0.05, 0.1) is 12.0 Å². The lowest BCUT2D eigenvalue weighted by atomic mass is 10.2. The first kappa shape index (κ1) is 15.1. The van der Waals surface area contributed by atoms with Gasteiger partial charge in [0.15, 0.2) is 9.84 Å². The van der Waals surface area contributed by atoms with E-state index in [2.05, 4.69) is 0 Å². The average Bonchev–Trinajstić information content (AvgIpc) is 2.79. The number of furan rings is 1. The number of rotatable bonds is 5. The van der Waals surface area contributed by atoms with Crippen molar-refractivity contribution in [1.82, 2.24) is 0 Å². The van der Waals surface area contributed by atoms with Gasteiger partial charge in [-0.05, 0) is 31.2 Å². The quantitative estimate of drug-likeness (QED) is 0.910. The number of aromatic carboxylic acids is 1. The molecule has 2 rings (SSSR count). The highest BCUT2D eigenvalue weighted by atomic mass is 32.2. The molecular weight excluding hydrogens is 296 g/mol. The topological polar surface area (TPSA) is 93.8 Å². The zero-order valence-corrected chi connectivity index (χ0v) is 12.3. The van der Waals surface area contributed by atoms with Crippen molar-refractivity contribution in [1.29, 1.82) is 0 Å². The van der Waals surface area contributed by atoms with Crippen molar-refractivity contribution in [2.75, 3.05) is 7.11 Å². The van der Waals surface area contributed by atoms with Gasteiger partial charge < -0.3 is 14.3 Å². The van der Waals surface area contributed by atoms with Gasteiger partial charge in [0.2, 0.25) is 0 Å². The first-order chi connectivity index (χ1) is 9.83. The van der Waals surface area contributed by atoms with Crippen molar-refractivity contribution in [2.24, 2.45) is 0 Å². The second-order valence-corrected chi connectivity index (χ2v) is 6.42.